The first-order valence-electron chi connectivity index (χ1n) is 16.7. The van der Waals surface area contributed by atoms with Crippen molar-refractivity contribution in [3.05, 3.63) is 82.7 Å². The quantitative estimate of drug-likeness (QED) is 0.0820. The summed E-state index contributed by atoms with van der Waals surface area (Å²) in [5.74, 6) is -2.05. The number of halogens is 1. The van der Waals surface area contributed by atoms with E-state index in [1.165, 1.54) is 23.0 Å². The lowest BCUT2D eigenvalue weighted by atomic mass is 10.0. The van der Waals surface area contributed by atoms with Crippen LogP contribution in [0.4, 0.5) is 21.5 Å². The number of carbonyl (C=O) groups is 3. The first-order chi connectivity index (χ1) is 24.6. The van der Waals surface area contributed by atoms with E-state index in [4.69, 9.17) is 11.5 Å². The van der Waals surface area contributed by atoms with Crippen molar-refractivity contribution in [2.45, 2.75) is 37.8 Å². The van der Waals surface area contributed by atoms with E-state index < -0.39 is 23.7 Å². The third-order valence-electron chi connectivity index (χ3n) is 9.48. The summed E-state index contributed by atoms with van der Waals surface area (Å²) in [7, 11) is 3.77. The Morgan fingerprint density at radius 1 is 1.14 bits per heavy atom. The third kappa shape index (κ3) is 7.21. The SMILES string of the molecule is CN(CCN=Cc1cc(NC(=O)C(=CN)c2ncccn2)c(F)cc1N)C1CCN(c2cccc3c2n(C)c(=O)n3C2CCC(=O)NC2=O)CC1. The van der Waals surface area contributed by atoms with E-state index in [0.29, 0.717) is 30.2 Å². The molecule has 6 rings (SSSR count). The number of nitrogens with two attached hydrogens (primary N) is 2. The second-order valence-electron chi connectivity index (χ2n) is 12.6. The largest absolute Gasteiger partial charge is 0.404 e. The number of hydrogen-bond donors (Lipinski definition) is 4. The van der Waals surface area contributed by atoms with Crippen molar-refractivity contribution in [2.24, 2.45) is 17.8 Å². The molecule has 3 amide bonds. The molecule has 0 spiro atoms. The molecule has 1 unspecified atom stereocenters. The zero-order chi connectivity index (χ0) is 36.2. The molecule has 2 aromatic carbocycles. The van der Waals surface area contributed by atoms with Crippen molar-refractivity contribution < 1.29 is 18.8 Å². The van der Waals surface area contributed by atoms with Gasteiger partial charge in [0.05, 0.1) is 34.5 Å². The Balaban J connectivity index is 1.06. The molecule has 266 valence electrons. The standard InChI is InChI=1S/C35H40FN11O4/c1-44(16-13-39-20-21-17-26(24(36)18-25(21)38)42-33(49)23(19-37)32-40-11-4-12-41-32)22-9-14-46(15-10-22)27-5-3-6-28-31(27)45(2)35(51)47(28)29-7-8-30(48)43-34(29)50/h3-6,11-12,17-20,22,29H,7-10,13-16,37-38H2,1-2H3,(H,42,49)(H,43,48,50). The molecule has 0 radical (unpaired) electrons. The summed E-state index contributed by atoms with van der Waals surface area (Å²) in [4.78, 5) is 67.7. The van der Waals surface area contributed by atoms with Crippen molar-refractivity contribution in [3.63, 3.8) is 0 Å². The van der Waals surface area contributed by atoms with Gasteiger partial charge in [0.25, 0.3) is 5.91 Å². The highest BCUT2D eigenvalue weighted by Gasteiger charge is 2.32. The van der Waals surface area contributed by atoms with Crippen LogP contribution in [0.2, 0.25) is 0 Å². The molecule has 0 saturated carbocycles. The molecule has 0 bridgehead atoms. The fraction of sp³-hybridized carbons (Fsp3) is 0.343. The fourth-order valence-corrected chi connectivity index (χ4v) is 6.70. The zero-order valence-corrected chi connectivity index (χ0v) is 28.4. The number of piperidine rings is 2. The number of fused-ring (bicyclic) bond motifs is 1. The summed E-state index contributed by atoms with van der Waals surface area (Å²) >= 11 is 0. The van der Waals surface area contributed by atoms with E-state index in [9.17, 15) is 23.6 Å². The lowest BCUT2D eigenvalue weighted by molar-refractivity contribution is -0.135. The summed E-state index contributed by atoms with van der Waals surface area (Å²) < 4.78 is 17.8. The normalized spacial score (nSPS) is 17.5. The van der Waals surface area contributed by atoms with Gasteiger partial charge >= 0.3 is 5.69 Å². The Morgan fingerprint density at radius 2 is 1.88 bits per heavy atom. The van der Waals surface area contributed by atoms with Gasteiger partial charge in [0.1, 0.15) is 11.9 Å². The van der Waals surface area contributed by atoms with Crippen LogP contribution in [0.15, 0.2) is 64.8 Å². The lowest BCUT2D eigenvalue weighted by Gasteiger charge is -2.38. The number of aryl methyl sites for hydroxylation is 1. The molecule has 2 aromatic heterocycles. The number of aliphatic imine (C=N–C) groups is 1. The van der Waals surface area contributed by atoms with Crippen molar-refractivity contribution in [1.82, 2.24) is 29.3 Å². The highest BCUT2D eigenvalue weighted by atomic mass is 19.1. The Hall–Kier alpha value is -5.90. The van der Waals surface area contributed by atoms with Gasteiger partial charge in [-0.2, -0.15) is 0 Å². The number of rotatable bonds is 10. The molecule has 0 aliphatic carbocycles. The second kappa shape index (κ2) is 14.9. The number of likely N-dealkylation sites (N-methyl/N-ethyl adjacent to an activating group) is 1. The number of para-hydroxylation sites is 1. The molecule has 6 N–H and O–H groups in total. The molecular formula is C35H40FN11O4. The first kappa shape index (κ1) is 34.9. The average Bonchev–Trinajstić information content (AvgIpc) is 3.38. The summed E-state index contributed by atoms with van der Waals surface area (Å²) in [5, 5.41) is 4.87. The number of anilines is 3. The van der Waals surface area contributed by atoms with Crippen LogP contribution in [-0.2, 0) is 21.4 Å². The molecule has 1 atom stereocenters. The highest BCUT2D eigenvalue weighted by molar-refractivity contribution is 6.24. The first-order valence-corrected chi connectivity index (χ1v) is 16.7. The van der Waals surface area contributed by atoms with E-state index in [2.05, 4.69) is 42.4 Å². The van der Waals surface area contributed by atoms with Crippen LogP contribution in [0.25, 0.3) is 16.6 Å². The highest BCUT2D eigenvalue weighted by Crippen LogP contribution is 2.32. The van der Waals surface area contributed by atoms with E-state index in [-0.39, 0.29) is 47.2 Å². The van der Waals surface area contributed by atoms with E-state index in [1.807, 2.05) is 18.2 Å². The number of aromatic nitrogens is 4. The predicted molar refractivity (Wildman–Crippen MR) is 193 cm³/mol. The zero-order valence-electron chi connectivity index (χ0n) is 28.4. The number of nitrogens with one attached hydrogen (secondary N) is 2. The molecule has 15 nitrogen and oxygen atoms in total. The Labute approximate surface area is 292 Å². The predicted octanol–water partition coefficient (Wildman–Crippen LogP) is 1.79. The van der Waals surface area contributed by atoms with Crippen LogP contribution < -0.4 is 32.7 Å². The molecule has 51 heavy (non-hydrogen) atoms. The Kier molecular flexibility index (Phi) is 10.2. The minimum atomic E-state index is -0.735. The van der Waals surface area contributed by atoms with Crippen molar-refractivity contribution in [2.75, 3.05) is 49.2 Å². The molecule has 2 aliphatic rings. The van der Waals surface area contributed by atoms with Crippen LogP contribution in [-0.4, -0.2) is 87.2 Å². The maximum Gasteiger partial charge on any atom is 0.329 e. The van der Waals surface area contributed by atoms with Gasteiger partial charge in [-0.1, -0.05) is 6.07 Å². The second-order valence-corrected chi connectivity index (χ2v) is 12.6. The van der Waals surface area contributed by atoms with E-state index >= 15 is 0 Å². The summed E-state index contributed by atoms with van der Waals surface area (Å²) in [6.45, 7) is 2.68. The van der Waals surface area contributed by atoms with E-state index in [0.717, 1.165) is 49.4 Å². The van der Waals surface area contributed by atoms with Crippen LogP contribution in [0, 0.1) is 5.82 Å². The van der Waals surface area contributed by atoms with Crippen molar-refractivity contribution in [3.8, 4) is 0 Å². The maximum atomic E-state index is 14.7. The number of nitrogens with zero attached hydrogens (tertiary/aromatic N) is 7. The maximum absolute atomic E-state index is 14.7. The summed E-state index contributed by atoms with van der Waals surface area (Å²) in [6.07, 6.45) is 7.81. The summed E-state index contributed by atoms with van der Waals surface area (Å²) in [6, 6.07) is 9.46. The van der Waals surface area contributed by atoms with Gasteiger partial charge in [0, 0.05) is 75.2 Å². The number of hydrogen-bond acceptors (Lipinski definition) is 11. The number of imide groups is 1. The number of nitrogen functional groups attached to an aromatic ring is 1. The minimum Gasteiger partial charge on any atom is -0.404 e. The average molecular weight is 698 g/mol. The molecule has 2 aliphatic heterocycles. The van der Waals surface area contributed by atoms with Gasteiger partial charge in [-0.15, -0.1) is 0 Å². The van der Waals surface area contributed by atoms with Gasteiger partial charge in [-0.05, 0) is 56.6 Å². The van der Waals surface area contributed by atoms with Crippen molar-refractivity contribution in [1.29, 1.82) is 0 Å². The Morgan fingerprint density at radius 3 is 2.59 bits per heavy atom. The number of amides is 3. The lowest BCUT2D eigenvalue weighted by Crippen LogP contribution is -2.44. The van der Waals surface area contributed by atoms with Crippen LogP contribution in [0.1, 0.15) is 43.1 Å². The number of imidazole rings is 1. The van der Waals surface area contributed by atoms with Crippen LogP contribution in [0.5, 0.6) is 0 Å². The number of carbonyl (C=O) groups excluding carboxylic acids is 3. The molecule has 16 heteroatoms. The fourth-order valence-electron chi connectivity index (χ4n) is 6.70. The van der Waals surface area contributed by atoms with Gasteiger partial charge < -0.3 is 26.6 Å². The number of benzene rings is 2. The summed E-state index contributed by atoms with van der Waals surface area (Å²) in [5.41, 5.74) is 14.3. The monoisotopic (exact) mass is 697 g/mol. The minimum absolute atomic E-state index is 0.0116. The van der Waals surface area contributed by atoms with E-state index in [1.54, 1.807) is 23.9 Å². The van der Waals surface area contributed by atoms with Gasteiger partial charge in [0.2, 0.25) is 11.8 Å². The topological polar surface area (TPSA) is 199 Å². The van der Waals surface area contributed by atoms with Crippen molar-refractivity contribution >= 4 is 57.6 Å². The van der Waals surface area contributed by atoms with Crippen LogP contribution in [0.3, 0.4) is 0 Å². The molecule has 4 heterocycles. The smallest absolute Gasteiger partial charge is 0.329 e. The van der Waals surface area contributed by atoms with Gasteiger partial charge in [0.15, 0.2) is 5.82 Å². The molecule has 4 aromatic rings. The molecule has 2 fully saturated rings. The Bertz CT molecular complexity index is 2080. The van der Waals surface area contributed by atoms with Gasteiger partial charge in [-0.3, -0.25) is 33.8 Å². The van der Waals surface area contributed by atoms with Gasteiger partial charge in [-0.25, -0.2) is 19.2 Å². The molecule has 2 saturated heterocycles. The molecular weight excluding hydrogens is 657 g/mol. The third-order valence-corrected chi connectivity index (χ3v) is 9.48. The van der Waals surface area contributed by atoms with Crippen LogP contribution >= 0.6 is 0 Å².